The van der Waals surface area contributed by atoms with Crippen LogP contribution in [-0.2, 0) is 0 Å². The molecule has 2 aromatic carbocycles. The highest BCUT2D eigenvalue weighted by molar-refractivity contribution is 6.18. The summed E-state index contributed by atoms with van der Waals surface area (Å²) in [7, 11) is 0. The van der Waals surface area contributed by atoms with Gasteiger partial charge in [-0.05, 0) is 37.9 Å². The molecule has 2 unspecified atom stereocenters. The van der Waals surface area contributed by atoms with Gasteiger partial charge in [0.2, 0.25) is 0 Å². The van der Waals surface area contributed by atoms with Gasteiger partial charge in [0.05, 0.1) is 0 Å². The number of benzene rings is 2. The number of hydrogen-bond donors (Lipinski definition) is 2. The predicted octanol–water partition coefficient (Wildman–Crippen LogP) is 5.85. The summed E-state index contributed by atoms with van der Waals surface area (Å²) in [5.41, 5.74) is 1.72. The molecule has 2 atom stereocenters. The largest absolute Gasteiger partial charge is 0.508 e. The van der Waals surface area contributed by atoms with E-state index in [2.05, 4.69) is 11.8 Å². The summed E-state index contributed by atoms with van der Waals surface area (Å²) in [5, 5.41) is 20.8. The SMILES string of the molecule is CCCN(C(CCCl)c1ccccc1O)C(CCCl)c1ccccc1O. The molecule has 0 aliphatic rings. The van der Waals surface area contributed by atoms with Gasteiger partial charge >= 0.3 is 0 Å². The van der Waals surface area contributed by atoms with Crippen LogP contribution >= 0.6 is 23.2 Å². The zero-order valence-corrected chi connectivity index (χ0v) is 16.6. The van der Waals surface area contributed by atoms with Crippen LogP contribution in [0.5, 0.6) is 11.5 Å². The lowest BCUT2D eigenvalue weighted by molar-refractivity contribution is 0.122. The first-order valence-electron chi connectivity index (χ1n) is 9.07. The summed E-state index contributed by atoms with van der Waals surface area (Å²) in [6.07, 6.45) is 2.34. The standard InChI is InChI=1S/C21H27Cl2NO2/c1-2-15-24(18(11-13-22)16-7-3-5-9-20(16)25)19(12-14-23)17-8-4-6-10-21(17)26/h3-10,18-19,25-26H,2,11-15H2,1H3. The fourth-order valence-electron chi connectivity index (χ4n) is 3.53. The van der Waals surface area contributed by atoms with Crippen molar-refractivity contribution in [1.29, 1.82) is 0 Å². The molecule has 0 heterocycles. The second-order valence-corrected chi connectivity index (χ2v) is 7.10. The lowest BCUT2D eigenvalue weighted by Crippen LogP contribution is -2.34. The number of aromatic hydroxyl groups is 2. The summed E-state index contributed by atoms with van der Waals surface area (Å²) >= 11 is 12.2. The summed E-state index contributed by atoms with van der Waals surface area (Å²) in [4.78, 5) is 2.31. The van der Waals surface area contributed by atoms with Crippen molar-refractivity contribution in [3.05, 3.63) is 59.7 Å². The number of rotatable bonds is 10. The van der Waals surface area contributed by atoms with Crippen LogP contribution < -0.4 is 0 Å². The van der Waals surface area contributed by atoms with Gasteiger partial charge in [0.1, 0.15) is 11.5 Å². The van der Waals surface area contributed by atoms with Gasteiger partial charge in [-0.1, -0.05) is 43.3 Å². The molecule has 0 amide bonds. The minimum absolute atomic E-state index is 0.0542. The third kappa shape index (κ3) is 5.06. The summed E-state index contributed by atoms with van der Waals surface area (Å²) < 4.78 is 0. The van der Waals surface area contributed by atoms with Gasteiger partial charge in [0, 0.05) is 35.0 Å². The van der Waals surface area contributed by atoms with Crippen LogP contribution in [0.15, 0.2) is 48.5 Å². The van der Waals surface area contributed by atoms with E-state index in [0.717, 1.165) is 24.1 Å². The highest BCUT2D eigenvalue weighted by atomic mass is 35.5. The van der Waals surface area contributed by atoms with Gasteiger partial charge in [0.25, 0.3) is 0 Å². The Hall–Kier alpha value is -1.42. The molecule has 0 saturated heterocycles. The highest BCUT2D eigenvalue weighted by Gasteiger charge is 2.30. The average Bonchev–Trinajstić information content (AvgIpc) is 2.64. The Morgan fingerprint density at radius 2 is 1.23 bits per heavy atom. The molecule has 0 aliphatic carbocycles. The van der Waals surface area contributed by atoms with E-state index in [1.54, 1.807) is 12.1 Å². The van der Waals surface area contributed by atoms with Crippen molar-refractivity contribution in [3.8, 4) is 11.5 Å². The molecular formula is C21H27Cl2NO2. The first-order valence-corrected chi connectivity index (χ1v) is 10.1. The van der Waals surface area contributed by atoms with E-state index in [1.165, 1.54) is 0 Å². The van der Waals surface area contributed by atoms with E-state index < -0.39 is 0 Å². The molecule has 0 bridgehead atoms. The van der Waals surface area contributed by atoms with Gasteiger partial charge in [-0.3, -0.25) is 4.90 Å². The van der Waals surface area contributed by atoms with Gasteiger partial charge in [-0.15, -0.1) is 23.2 Å². The zero-order valence-electron chi connectivity index (χ0n) is 15.1. The molecule has 3 nitrogen and oxygen atoms in total. The number of para-hydroxylation sites is 2. The summed E-state index contributed by atoms with van der Waals surface area (Å²) in [6, 6.07) is 14.7. The van der Waals surface area contributed by atoms with Crippen molar-refractivity contribution in [2.24, 2.45) is 0 Å². The van der Waals surface area contributed by atoms with Crippen molar-refractivity contribution in [3.63, 3.8) is 0 Å². The Labute approximate surface area is 166 Å². The van der Waals surface area contributed by atoms with E-state index >= 15 is 0 Å². The minimum atomic E-state index is -0.0542. The topological polar surface area (TPSA) is 43.7 Å². The molecule has 0 aliphatic heterocycles. The number of alkyl halides is 2. The Balaban J connectivity index is 2.50. The van der Waals surface area contributed by atoms with Crippen molar-refractivity contribution in [2.75, 3.05) is 18.3 Å². The van der Waals surface area contributed by atoms with E-state index in [4.69, 9.17) is 23.2 Å². The van der Waals surface area contributed by atoms with Crippen LogP contribution in [0.3, 0.4) is 0 Å². The first-order chi connectivity index (χ1) is 12.6. The molecule has 0 saturated carbocycles. The quantitative estimate of drug-likeness (QED) is 0.495. The maximum Gasteiger partial charge on any atom is 0.120 e. The molecule has 0 spiro atoms. The van der Waals surface area contributed by atoms with Gasteiger partial charge in [0.15, 0.2) is 0 Å². The molecule has 2 aromatic rings. The third-order valence-electron chi connectivity index (χ3n) is 4.64. The molecule has 0 fully saturated rings. The minimum Gasteiger partial charge on any atom is -0.508 e. The van der Waals surface area contributed by atoms with Crippen LogP contribution in [0.4, 0.5) is 0 Å². The van der Waals surface area contributed by atoms with Gasteiger partial charge in [-0.25, -0.2) is 0 Å². The number of phenols is 2. The fraction of sp³-hybridized carbons (Fsp3) is 0.429. The van der Waals surface area contributed by atoms with Crippen molar-refractivity contribution < 1.29 is 10.2 Å². The van der Waals surface area contributed by atoms with Crippen LogP contribution in [0.25, 0.3) is 0 Å². The molecule has 2 N–H and O–H groups in total. The maximum absolute atomic E-state index is 10.4. The molecular weight excluding hydrogens is 369 g/mol. The lowest BCUT2D eigenvalue weighted by Gasteiger charge is -2.39. The van der Waals surface area contributed by atoms with Crippen molar-refractivity contribution in [2.45, 2.75) is 38.3 Å². The molecule has 5 heteroatoms. The molecule has 142 valence electrons. The molecule has 26 heavy (non-hydrogen) atoms. The monoisotopic (exact) mass is 395 g/mol. The number of halogens is 2. The average molecular weight is 396 g/mol. The predicted molar refractivity (Wildman–Crippen MR) is 109 cm³/mol. The van der Waals surface area contributed by atoms with E-state index in [-0.39, 0.29) is 23.6 Å². The Morgan fingerprint density at radius 1 is 0.808 bits per heavy atom. The summed E-state index contributed by atoms with van der Waals surface area (Å²) in [6.45, 7) is 2.93. The van der Waals surface area contributed by atoms with Crippen LogP contribution in [0.1, 0.15) is 49.4 Å². The first kappa shape index (κ1) is 20.9. The normalized spacial score (nSPS) is 13.7. The molecule has 0 radical (unpaired) electrons. The number of phenolic OH excluding ortho intramolecular Hbond substituents is 2. The number of hydrogen-bond acceptors (Lipinski definition) is 3. The van der Waals surface area contributed by atoms with E-state index in [1.807, 2.05) is 36.4 Å². The Bertz CT molecular complexity index is 625. The van der Waals surface area contributed by atoms with Crippen LogP contribution in [0, 0.1) is 0 Å². The second-order valence-electron chi connectivity index (χ2n) is 6.34. The van der Waals surface area contributed by atoms with Crippen LogP contribution in [0.2, 0.25) is 0 Å². The smallest absolute Gasteiger partial charge is 0.120 e. The van der Waals surface area contributed by atoms with Crippen molar-refractivity contribution >= 4 is 23.2 Å². The Kier molecular flexibility index (Phi) is 8.56. The number of nitrogens with zero attached hydrogens (tertiary/aromatic N) is 1. The van der Waals surface area contributed by atoms with Crippen LogP contribution in [-0.4, -0.2) is 33.4 Å². The third-order valence-corrected chi connectivity index (χ3v) is 5.08. The lowest BCUT2D eigenvalue weighted by atomic mass is 9.94. The second kappa shape index (κ2) is 10.7. The van der Waals surface area contributed by atoms with E-state index in [9.17, 15) is 10.2 Å². The summed E-state index contributed by atoms with van der Waals surface area (Å²) in [5.74, 6) is 1.50. The van der Waals surface area contributed by atoms with Crippen molar-refractivity contribution in [1.82, 2.24) is 4.90 Å². The highest BCUT2D eigenvalue weighted by Crippen LogP contribution is 2.40. The maximum atomic E-state index is 10.4. The molecule has 0 aromatic heterocycles. The fourth-order valence-corrected chi connectivity index (χ4v) is 3.95. The van der Waals surface area contributed by atoms with Gasteiger partial charge < -0.3 is 10.2 Å². The van der Waals surface area contributed by atoms with E-state index in [0.29, 0.717) is 24.6 Å². The van der Waals surface area contributed by atoms with Gasteiger partial charge in [-0.2, -0.15) is 0 Å². The molecule has 2 rings (SSSR count). The Morgan fingerprint density at radius 3 is 1.58 bits per heavy atom. The zero-order chi connectivity index (χ0) is 18.9.